The minimum atomic E-state index is 0.0372. The quantitative estimate of drug-likeness (QED) is 0.805. The van der Waals surface area contributed by atoms with Gasteiger partial charge in [-0.3, -0.25) is 4.79 Å². The van der Waals surface area contributed by atoms with E-state index < -0.39 is 0 Å². The molecule has 2 aromatic rings. The van der Waals surface area contributed by atoms with Gasteiger partial charge in [-0.2, -0.15) is 0 Å². The maximum Gasteiger partial charge on any atom is 0.170 e. The molecule has 2 rings (SSSR count). The lowest BCUT2D eigenvalue weighted by Crippen LogP contribution is -2.04. The van der Waals surface area contributed by atoms with Crippen molar-refractivity contribution in [3.63, 3.8) is 0 Å². The predicted molar refractivity (Wildman–Crippen MR) is 75.6 cm³/mol. The van der Waals surface area contributed by atoms with Gasteiger partial charge < -0.3 is 4.74 Å². The number of aryl methyl sites for hydroxylation is 1. The van der Waals surface area contributed by atoms with Crippen molar-refractivity contribution in [3.05, 3.63) is 44.3 Å². The summed E-state index contributed by atoms with van der Waals surface area (Å²) in [5, 5.41) is 2.79. The molecule has 0 radical (unpaired) electrons. The number of carbonyl (C=O) groups excluding carboxylic acids is 1. The van der Waals surface area contributed by atoms with Gasteiger partial charge >= 0.3 is 0 Å². The molecule has 0 aliphatic rings. The van der Waals surface area contributed by atoms with Crippen molar-refractivity contribution in [3.8, 4) is 5.75 Å². The largest absolute Gasteiger partial charge is 0.497 e. The molecule has 0 saturated carbocycles. The predicted octanol–water partition coefficient (Wildman–Crippen LogP) is 3.65. The van der Waals surface area contributed by atoms with Crippen LogP contribution in [0.4, 0.5) is 0 Å². The van der Waals surface area contributed by atoms with Gasteiger partial charge in [0.1, 0.15) is 10.8 Å². The van der Waals surface area contributed by atoms with Gasteiger partial charge in [0, 0.05) is 21.1 Å². The van der Waals surface area contributed by atoms with E-state index in [1.54, 1.807) is 13.2 Å². The second-order valence-electron chi connectivity index (χ2n) is 3.83. The van der Waals surface area contributed by atoms with Crippen molar-refractivity contribution in [1.82, 2.24) is 4.98 Å². The molecule has 0 fully saturated rings. The summed E-state index contributed by atoms with van der Waals surface area (Å²) in [6.45, 7) is 1.92. The molecule has 18 heavy (non-hydrogen) atoms. The first kappa shape index (κ1) is 13.2. The first-order valence-electron chi connectivity index (χ1n) is 5.38. The molecule has 0 aliphatic carbocycles. The summed E-state index contributed by atoms with van der Waals surface area (Å²) in [6, 6.07) is 5.38. The number of benzene rings is 1. The number of carbonyl (C=O) groups is 1. The van der Waals surface area contributed by atoms with E-state index in [1.165, 1.54) is 11.3 Å². The van der Waals surface area contributed by atoms with Crippen LogP contribution in [0.1, 0.15) is 21.1 Å². The molecule has 3 nitrogen and oxygen atoms in total. The van der Waals surface area contributed by atoms with Gasteiger partial charge in [0.25, 0.3) is 0 Å². The van der Waals surface area contributed by atoms with Crippen LogP contribution in [0, 0.1) is 6.92 Å². The Morgan fingerprint density at radius 2 is 2.28 bits per heavy atom. The number of nitrogens with zero attached hydrogens (tertiary/aromatic N) is 1. The molecule has 1 aromatic heterocycles. The Labute approximate surface area is 118 Å². The number of aromatic nitrogens is 1. The van der Waals surface area contributed by atoms with E-state index in [4.69, 9.17) is 4.74 Å². The number of methoxy groups -OCH3 is 1. The summed E-state index contributed by atoms with van der Waals surface area (Å²) in [5.41, 5.74) is 1.58. The van der Waals surface area contributed by atoms with Crippen LogP contribution in [0.2, 0.25) is 0 Å². The molecule has 0 aliphatic heterocycles. The Hall–Kier alpha value is -1.20. The molecule has 0 atom stereocenters. The first-order chi connectivity index (χ1) is 8.60. The number of ether oxygens (including phenoxy) is 1. The zero-order chi connectivity index (χ0) is 13.1. The Kier molecular flexibility index (Phi) is 4.14. The number of rotatable bonds is 4. The van der Waals surface area contributed by atoms with Gasteiger partial charge in [0.05, 0.1) is 13.5 Å². The van der Waals surface area contributed by atoms with Crippen LogP contribution in [0.3, 0.4) is 0 Å². The standard InChI is InChI=1S/C13H12BrNO2S/c1-8-7-18-13(15-8)6-12(16)10-5-9(17-2)3-4-11(10)14/h3-5,7H,6H2,1-2H3. The minimum Gasteiger partial charge on any atom is -0.497 e. The SMILES string of the molecule is COc1ccc(Br)c(C(=O)Cc2nc(C)cs2)c1. The van der Waals surface area contributed by atoms with Crippen LogP contribution in [-0.2, 0) is 6.42 Å². The van der Waals surface area contributed by atoms with Gasteiger partial charge in [0.15, 0.2) is 5.78 Å². The summed E-state index contributed by atoms with van der Waals surface area (Å²) in [4.78, 5) is 16.5. The van der Waals surface area contributed by atoms with E-state index in [0.717, 1.165) is 15.2 Å². The lowest BCUT2D eigenvalue weighted by molar-refractivity contribution is 0.0992. The van der Waals surface area contributed by atoms with E-state index in [2.05, 4.69) is 20.9 Å². The fourth-order valence-corrected chi connectivity index (χ4v) is 2.80. The molecule has 94 valence electrons. The van der Waals surface area contributed by atoms with Crippen LogP contribution in [0.25, 0.3) is 0 Å². The zero-order valence-electron chi connectivity index (χ0n) is 10.1. The summed E-state index contributed by atoms with van der Waals surface area (Å²) < 4.78 is 5.91. The third-order valence-electron chi connectivity index (χ3n) is 2.45. The van der Waals surface area contributed by atoms with Gasteiger partial charge in [-0.05, 0) is 25.1 Å². The Morgan fingerprint density at radius 1 is 1.50 bits per heavy atom. The van der Waals surface area contributed by atoms with Crippen LogP contribution in [-0.4, -0.2) is 17.9 Å². The Bertz CT molecular complexity index is 580. The molecule has 0 N–H and O–H groups in total. The molecular formula is C13H12BrNO2S. The van der Waals surface area contributed by atoms with Gasteiger partial charge in [-0.15, -0.1) is 11.3 Å². The van der Waals surface area contributed by atoms with Crippen LogP contribution >= 0.6 is 27.3 Å². The smallest absolute Gasteiger partial charge is 0.170 e. The van der Waals surface area contributed by atoms with Crippen molar-refractivity contribution in [1.29, 1.82) is 0 Å². The second-order valence-corrected chi connectivity index (χ2v) is 5.63. The van der Waals surface area contributed by atoms with Gasteiger partial charge in [-0.1, -0.05) is 15.9 Å². The van der Waals surface area contributed by atoms with E-state index in [0.29, 0.717) is 17.7 Å². The van der Waals surface area contributed by atoms with Crippen molar-refractivity contribution < 1.29 is 9.53 Å². The summed E-state index contributed by atoms with van der Waals surface area (Å²) in [5.74, 6) is 0.715. The van der Waals surface area contributed by atoms with E-state index in [9.17, 15) is 4.79 Å². The van der Waals surface area contributed by atoms with Crippen molar-refractivity contribution in [2.24, 2.45) is 0 Å². The molecule has 5 heteroatoms. The number of halogens is 1. The lowest BCUT2D eigenvalue weighted by atomic mass is 10.1. The number of Topliss-reactive ketones (excluding diaryl/α,β-unsaturated/α-hetero) is 1. The number of ketones is 1. The highest BCUT2D eigenvalue weighted by atomic mass is 79.9. The zero-order valence-corrected chi connectivity index (χ0v) is 12.5. The van der Waals surface area contributed by atoms with E-state index in [-0.39, 0.29) is 5.78 Å². The molecule has 0 bridgehead atoms. The number of hydrogen-bond acceptors (Lipinski definition) is 4. The van der Waals surface area contributed by atoms with Crippen molar-refractivity contribution in [2.45, 2.75) is 13.3 Å². The molecule has 1 heterocycles. The fraction of sp³-hybridized carbons (Fsp3) is 0.231. The Balaban J connectivity index is 2.23. The maximum atomic E-state index is 12.2. The topological polar surface area (TPSA) is 39.2 Å². The van der Waals surface area contributed by atoms with Crippen LogP contribution in [0.15, 0.2) is 28.1 Å². The second kappa shape index (κ2) is 5.63. The van der Waals surface area contributed by atoms with E-state index in [1.807, 2.05) is 24.4 Å². The molecule has 0 spiro atoms. The molecule has 1 aromatic carbocycles. The average molecular weight is 326 g/mol. The van der Waals surface area contributed by atoms with Crippen molar-refractivity contribution >= 4 is 33.0 Å². The minimum absolute atomic E-state index is 0.0372. The lowest BCUT2D eigenvalue weighted by Gasteiger charge is -2.05. The van der Waals surface area contributed by atoms with Crippen LogP contribution < -0.4 is 4.74 Å². The van der Waals surface area contributed by atoms with Crippen molar-refractivity contribution in [2.75, 3.05) is 7.11 Å². The normalized spacial score (nSPS) is 10.4. The third-order valence-corrected chi connectivity index (χ3v) is 4.11. The van der Waals surface area contributed by atoms with Gasteiger partial charge in [-0.25, -0.2) is 4.98 Å². The maximum absolute atomic E-state index is 12.2. The summed E-state index contributed by atoms with van der Waals surface area (Å²) in [7, 11) is 1.58. The highest BCUT2D eigenvalue weighted by molar-refractivity contribution is 9.10. The molecule has 0 unspecified atom stereocenters. The molecule has 0 amide bonds. The Morgan fingerprint density at radius 3 is 2.89 bits per heavy atom. The highest BCUT2D eigenvalue weighted by Gasteiger charge is 2.13. The monoisotopic (exact) mass is 325 g/mol. The average Bonchev–Trinajstić information content (AvgIpc) is 2.75. The number of hydrogen-bond donors (Lipinski definition) is 0. The first-order valence-corrected chi connectivity index (χ1v) is 7.05. The molecular weight excluding hydrogens is 314 g/mol. The van der Waals surface area contributed by atoms with Gasteiger partial charge in [0.2, 0.25) is 0 Å². The number of thiazole rings is 1. The highest BCUT2D eigenvalue weighted by Crippen LogP contribution is 2.24. The fourth-order valence-electron chi connectivity index (χ4n) is 1.56. The van der Waals surface area contributed by atoms with Crippen LogP contribution in [0.5, 0.6) is 5.75 Å². The summed E-state index contributed by atoms with van der Waals surface area (Å²) in [6.07, 6.45) is 0.324. The molecule has 0 saturated heterocycles. The third kappa shape index (κ3) is 2.97. The summed E-state index contributed by atoms with van der Waals surface area (Å²) >= 11 is 4.90. The van der Waals surface area contributed by atoms with E-state index >= 15 is 0 Å².